The van der Waals surface area contributed by atoms with Crippen LogP contribution in [0.1, 0.15) is 17.4 Å². The highest BCUT2D eigenvalue weighted by Crippen LogP contribution is 2.24. The maximum absolute atomic E-state index is 8.77. The van der Waals surface area contributed by atoms with Crippen LogP contribution >= 0.6 is 11.6 Å². The second-order valence-corrected chi connectivity index (χ2v) is 2.57. The number of benzene rings is 1. The predicted molar refractivity (Wildman–Crippen MR) is 43.1 cm³/mol. The summed E-state index contributed by atoms with van der Waals surface area (Å²) in [5.74, 6) is 0. The summed E-state index contributed by atoms with van der Waals surface area (Å²) in [7, 11) is 0. The molecule has 0 saturated heterocycles. The monoisotopic (exact) mass is 171 g/mol. The molecule has 2 N–H and O–H groups in total. The van der Waals surface area contributed by atoms with Gasteiger partial charge in [-0.25, -0.2) is 0 Å². The van der Waals surface area contributed by atoms with Gasteiger partial charge >= 0.3 is 0 Å². The van der Waals surface area contributed by atoms with E-state index < -0.39 is 6.29 Å². The fourth-order valence-corrected chi connectivity index (χ4v) is 1.02. The summed E-state index contributed by atoms with van der Waals surface area (Å²) in [6.07, 6.45) is -1.52. The molecule has 1 aromatic carbocycles. The largest absolute Gasteiger partial charge is 0.364 e. The van der Waals surface area contributed by atoms with Crippen LogP contribution in [0.25, 0.3) is 0 Å². The molecule has 0 heterocycles. The van der Waals surface area contributed by atoms with Crippen molar-refractivity contribution in [1.29, 1.82) is 0 Å². The van der Waals surface area contributed by atoms with Crippen molar-refractivity contribution in [3.63, 3.8) is 0 Å². The Labute approximate surface area is 70.1 Å². The molecule has 0 saturated carbocycles. The van der Waals surface area contributed by atoms with Crippen molar-refractivity contribution >= 4 is 11.6 Å². The van der Waals surface area contributed by atoms with Crippen LogP contribution in [0.3, 0.4) is 0 Å². The molecular formula is C8H8ClO2. The Hall–Kier alpha value is -0.570. The van der Waals surface area contributed by atoms with E-state index in [-0.39, 0.29) is 0 Å². The number of halogens is 1. The fraction of sp³-hybridized carbons (Fsp3) is 0.125. The number of hydrogen-bond donors (Lipinski definition) is 2. The molecule has 1 aromatic rings. The minimum atomic E-state index is -1.52. The molecule has 0 amide bonds. The molecule has 1 radical (unpaired) electrons. The lowest BCUT2D eigenvalue weighted by Gasteiger charge is -2.07. The van der Waals surface area contributed by atoms with Crippen molar-refractivity contribution in [1.82, 2.24) is 0 Å². The Balaban J connectivity index is 3.17. The van der Waals surface area contributed by atoms with Crippen molar-refractivity contribution < 1.29 is 10.2 Å². The second-order valence-electron chi connectivity index (χ2n) is 2.19. The number of aliphatic hydroxyl groups is 2. The second kappa shape index (κ2) is 3.22. The lowest BCUT2D eigenvalue weighted by Crippen LogP contribution is -1.96. The zero-order valence-electron chi connectivity index (χ0n) is 5.79. The third-order valence-electron chi connectivity index (χ3n) is 1.39. The quantitative estimate of drug-likeness (QED) is 0.629. The first-order valence-corrected chi connectivity index (χ1v) is 3.47. The maximum atomic E-state index is 8.77. The van der Waals surface area contributed by atoms with E-state index in [1.165, 1.54) is 0 Å². The fourth-order valence-electron chi connectivity index (χ4n) is 0.799. The van der Waals surface area contributed by atoms with Gasteiger partial charge < -0.3 is 10.2 Å². The van der Waals surface area contributed by atoms with Crippen LogP contribution in [0, 0.1) is 6.92 Å². The third kappa shape index (κ3) is 1.71. The van der Waals surface area contributed by atoms with Crippen molar-refractivity contribution in [3.05, 3.63) is 41.3 Å². The van der Waals surface area contributed by atoms with E-state index in [4.69, 9.17) is 21.8 Å². The van der Waals surface area contributed by atoms with Crippen molar-refractivity contribution in [2.45, 2.75) is 6.29 Å². The number of rotatable bonds is 1. The van der Waals surface area contributed by atoms with E-state index in [1.54, 1.807) is 18.2 Å². The lowest BCUT2D eigenvalue weighted by atomic mass is 10.1. The lowest BCUT2D eigenvalue weighted by molar-refractivity contribution is -0.0424. The van der Waals surface area contributed by atoms with Gasteiger partial charge in [0.1, 0.15) is 0 Å². The molecule has 2 nitrogen and oxygen atoms in total. The van der Waals surface area contributed by atoms with Crippen molar-refractivity contribution in [3.8, 4) is 0 Å². The minimum Gasteiger partial charge on any atom is -0.364 e. The molecule has 0 aliphatic heterocycles. The summed E-state index contributed by atoms with van der Waals surface area (Å²) in [5.41, 5.74) is 0.886. The molecule has 11 heavy (non-hydrogen) atoms. The van der Waals surface area contributed by atoms with Crippen LogP contribution < -0.4 is 0 Å². The average Bonchev–Trinajstić information content (AvgIpc) is 1.94. The van der Waals surface area contributed by atoms with Crippen molar-refractivity contribution in [2.75, 3.05) is 0 Å². The SMILES string of the molecule is [CH2]c1cccc(C(O)O)c1Cl. The summed E-state index contributed by atoms with van der Waals surface area (Å²) in [6, 6.07) is 4.92. The van der Waals surface area contributed by atoms with Gasteiger partial charge in [-0.3, -0.25) is 0 Å². The van der Waals surface area contributed by atoms with E-state index in [1.807, 2.05) is 0 Å². The van der Waals surface area contributed by atoms with E-state index in [2.05, 4.69) is 6.92 Å². The Kier molecular flexibility index (Phi) is 2.49. The molecule has 0 fully saturated rings. The molecular weight excluding hydrogens is 164 g/mol. The highest BCUT2D eigenvalue weighted by molar-refractivity contribution is 6.32. The van der Waals surface area contributed by atoms with Gasteiger partial charge in [-0.2, -0.15) is 0 Å². The Morgan fingerprint density at radius 3 is 2.45 bits per heavy atom. The molecule has 1 rings (SSSR count). The zero-order valence-corrected chi connectivity index (χ0v) is 6.54. The van der Waals surface area contributed by atoms with E-state index in [9.17, 15) is 0 Å². The molecule has 59 valence electrons. The Morgan fingerprint density at radius 1 is 1.36 bits per heavy atom. The molecule has 0 unspecified atom stereocenters. The molecule has 0 aromatic heterocycles. The maximum Gasteiger partial charge on any atom is 0.179 e. The van der Waals surface area contributed by atoms with Gasteiger partial charge in [-0.15, -0.1) is 0 Å². The van der Waals surface area contributed by atoms with Crippen LogP contribution in [0.15, 0.2) is 18.2 Å². The van der Waals surface area contributed by atoms with Crippen LogP contribution in [0.4, 0.5) is 0 Å². The van der Waals surface area contributed by atoms with Crippen LogP contribution in [-0.2, 0) is 0 Å². The Bertz CT molecular complexity index is 258. The standard InChI is InChI=1S/C8H8ClO2/c1-5-3-2-4-6(7(5)9)8(10)11/h2-4,8,10-11H,1H2. The molecule has 0 aliphatic carbocycles. The van der Waals surface area contributed by atoms with Gasteiger partial charge in [0.25, 0.3) is 0 Å². The van der Waals surface area contributed by atoms with Crippen LogP contribution in [0.5, 0.6) is 0 Å². The van der Waals surface area contributed by atoms with E-state index in [0.29, 0.717) is 16.1 Å². The van der Waals surface area contributed by atoms with Gasteiger partial charge in [-0.1, -0.05) is 29.8 Å². The first-order chi connectivity index (χ1) is 5.13. The van der Waals surface area contributed by atoms with E-state index in [0.717, 1.165) is 0 Å². The minimum absolute atomic E-state index is 0.291. The summed E-state index contributed by atoms with van der Waals surface area (Å²) < 4.78 is 0. The summed E-state index contributed by atoms with van der Waals surface area (Å²) in [6.45, 7) is 3.61. The predicted octanol–water partition coefficient (Wildman–Crippen LogP) is 1.51. The molecule has 0 spiro atoms. The first-order valence-electron chi connectivity index (χ1n) is 3.09. The number of hydrogen-bond acceptors (Lipinski definition) is 2. The van der Waals surface area contributed by atoms with E-state index >= 15 is 0 Å². The topological polar surface area (TPSA) is 40.5 Å². The molecule has 0 bridgehead atoms. The number of aliphatic hydroxyl groups excluding tert-OH is 1. The highest BCUT2D eigenvalue weighted by atomic mass is 35.5. The van der Waals surface area contributed by atoms with Crippen molar-refractivity contribution in [2.24, 2.45) is 0 Å². The van der Waals surface area contributed by atoms with Gasteiger partial charge in [-0.05, 0) is 12.5 Å². The summed E-state index contributed by atoms with van der Waals surface area (Å²) in [4.78, 5) is 0. The Morgan fingerprint density at radius 2 is 2.00 bits per heavy atom. The molecule has 3 heteroatoms. The van der Waals surface area contributed by atoms with Gasteiger partial charge in [0.2, 0.25) is 0 Å². The molecule has 0 atom stereocenters. The summed E-state index contributed by atoms with van der Waals surface area (Å²) in [5, 5.41) is 17.9. The van der Waals surface area contributed by atoms with Gasteiger partial charge in [0, 0.05) is 5.56 Å². The van der Waals surface area contributed by atoms with Crippen LogP contribution in [0.2, 0.25) is 5.02 Å². The third-order valence-corrected chi connectivity index (χ3v) is 1.85. The molecule has 0 aliphatic rings. The van der Waals surface area contributed by atoms with Crippen LogP contribution in [-0.4, -0.2) is 10.2 Å². The zero-order chi connectivity index (χ0) is 8.43. The first kappa shape index (κ1) is 8.53. The average molecular weight is 172 g/mol. The highest BCUT2D eigenvalue weighted by Gasteiger charge is 2.08. The van der Waals surface area contributed by atoms with Gasteiger partial charge in [0.05, 0.1) is 5.02 Å². The smallest absolute Gasteiger partial charge is 0.179 e. The summed E-state index contributed by atoms with van der Waals surface area (Å²) >= 11 is 5.71. The van der Waals surface area contributed by atoms with Gasteiger partial charge in [0.15, 0.2) is 6.29 Å². The normalized spacial score (nSPS) is 10.6.